The molecule has 128 valence electrons. The lowest BCUT2D eigenvalue weighted by molar-refractivity contribution is -0.138. The molecule has 0 aliphatic heterocycles. The summed E-state index contributed by atoms with van der Waals surface area (Å²) in [7, 11) is 0. The van der Waals surface area contributed by atoms with Crippen LogP contribution in [0.4, 0.5) is 0 Å². The van der Waals surface area contributed by atoms with Crippen molar-refractivity contribution < 1.29 is 14.4 Å². The standard InChI is InChI=1S/C18H18N4O3/c19-18(20)22-14(11-15(23)25-21)16(12-7-3-1-4-8-12)17(24)13-9-5-2-6-10-13/h1-11,16H,21H2,(H4,19,20,22). The van der Waals surface area contributed by atoms with E-state index in [0.717, 1.165) is 6.08 Å². The molecule has 0 heterocycles. The van der Waals surface area contributed by atoms with Crippen molar-refractivity contribution >= 4 is 17.7 Å². The molecule has 6 N–H and O–H groups in total. The largest absolute Gasteiger partial charge is 0.370 e. The number of carbonyl (C=O) groups excluding carboxylic acids is 2. The van der Waals surface area contributed by atoms with Crippen molar-refractivity contribution in [2.45, 2.75) is 5.92 Å². The third-order valence-corrected chi connectivity index (χ3v) is 3.39. The van der Waals surface area contributed by atoms with Gasteiger partial charge in [-0.2, -0.15) is 5.90 Å². The van der Waals surface area contributed by atoms with E-state index in [2.05, 4.69) is 9.83 Å². The fourth-order valence-electron chi connectivity index (χ4n) is 2.36. The highest BCUT2D eigenvalue weighted by atomic mass is 16.7. The Hall–Kier alpha value is -3.45. The monoisotopic (exact) mass is 338 g/mol. The second-order valence-electron chi connectivity index (χ2n) is 5.12. The lowest BCUT2D eigenvalue weighted by atomic mass is 9.87. The normalized spacial score (nSPS) is 12.1. The second-order valence-corrected chi connectivity index (χ2v) is 5.12. The number of hydrogen-bond acceptors (Lipinski definition) is 5. The van der Waals surface area contributed by atoms with Gasteiger partial charge in [-0.15, -0.1) is 0 Å². The van der Waals surface area contributed by atoms with Gasteiger partial charge in [-0.1, -0.05) is 60.7 Å². The number of allylic oxidation sites excluding steroid dienone is 1. The molecule has 0 fully saturated rings. The van der Waals surface area contributed by atoms with Crippen molar-refractivity contribution in [3.05, 3.63) is 83.6 Å². The van der Waals surface area contributed by atoms with E-state index in [9.17, 15) is 9.59 Å². The maximum absolute atomic E-state index is 13.1. The van der Waals surface area contributed by atoms with E-state index in [4.69, 9.17) is 17.4 Å². The van der Waals surface area contributed by atoms with Gasteiger partial charge in [-0.05, 0) is 5.56 Å². The number of ketones is 1. The highest BCUT2D eigenvalue weighted by Gasteiger charge is 2.27. The van der Waals surface area contributed by atoms with E-state index in [1.54, 1.807) is 54.6 Å². The van der Waals surface area contributed by atoms with E-state index in [1.807, 2.05) is 6.07 Å². The Kier molecular flexibility index (Phi) is 6.02. The molecule has 0 aromatic heterocycles. The third-order valence-electron chi connectivity index (χ3n) is 3.39. The number of carbonyl (C=O) groups is 2. The van der Waals surface area contributed by atoms with Gasteiger partial charge < -0.3 is 16.3 Å². The lowest BCUT2D eigenvalue weighted by Crippen LogP contribution is -2.25. The van der Waals surface area contributed by atoms with Crippen LogP contribution in [0.5, 0.6) is 0 Å². The quantitative estimate of drug-likeness (QED) is 0.238. The first-order valence-corrected chi connectivity index (χ1v) is 7.39. The van der Waals surface area contributed by atoms with E-state index in [0.29, 0.717) is 11.1 Å². The van der Waals surface area contributed by atoms with Gasteiger partial charge in [0, 0.05) is 11.6 Å². The average molecular weight is 338 g/mol. The van der Waals surface area contributed by atoms with Crippen molar-refractivity contribution in [1.29, 1.82) is 0 Å². The zero-order chi connectivity index (χ0) is 18.2. The predicted molar refractivity (Wildman–Crippen MR) is 94.1 cm³/mol. The minimum absolute atomic E-state index is 0.0375. The summed E-state index contributed by atoms with van der Waals surface area (Å²) in [5.41, 5.74) is 12.0. The van der Waals surface area contributed by atoms with Gasteiger partial charge in [0.25, 0.3) is 0 Å². The summed E-state index contributed by atoms with van der Waals surface area (Å²) >= 11 is 0. The number of rotatable bonds is 6. The van der Waals surface area contributed by atoms with Crippen molar-refractivity contribution in [3.8, 4) is 0 Å². The summed E-state index contributed by atoms with van der Waals surface area (Å²) in [6.45, 7) is 0. The van der Waals surface area contributed by atoms with Crippen LogP contribution in [-0.4, -0.2) is 17.7 Å². The number of guanidine groups is 1. The Balaban J connectivity index is 2.60. The van der Waals surface area contributed by atoms with Gasteiger partial charge in [-0.25, -0.2) is 9.79 Å². The van der Waals surface area contributed by atoms with Crippen LogP contribution in [0.25, 0.3) is 0 Å². The maximum Gasteiger partial charge on any atom is 0.351 e. The Morgan fingerprint density at radius 2 is 1.52 bits per heavy atom. The van der Waals surface area contributed by atoms with Crippen LogP contribution in [0.1, 0.15) is 21.8 Å². The summed E-state index contributed by atoms with van der Waals surface area (Å²) in [6.07, 6.45) is 0.998. The first-order valence-electron chi connectivity index (χ1n) is 7.39. The van der Waals surface area contributed by atoms with Gasteiger partial charge in [0.2, 0.25) is 0 Å². The number of Topliss-reactive ketones (excluding diaryl/α,β-unsaturated/α-hetero) is 1. The highest BCUT2D eigenvalue weighted by molar-refractivity contribution is 6.04. The first kappa shape index (κ1) is 17.9. The molecule has 7 nitrogen and oxygen atoms in total. The number of aliphatic imine (C=N–C) groups is 1. The molecule has 1 unspecified atom stereocenters. The molecule has 7 heteroatoms. The Morgan fingerprint density at radius 1 is 0.960 bits per heavy atom. The number of nitrogens with two attached hydrogens (primary N) is 3. The first-order chi connectivity index (χ1) is 12.0. The van der Waals surface area contributed by atoms with E-state index < -0.39 is 11.9 Å². The molecule has 2 aromatic carbocycles. The number of nitrogens with zero attached hydrogens (tertiary/aromatic N) is 1. The molecular weight excluding hydrogens is 320 g/mol. The molecule has 1 atom stereocenters. The van der Waals surface area contributed by atoms with Gasteiger partial charge >= 0.3 is 5.97 Å². The topological polar surface area (TPSA) is 134 Å². The van der Waals surface area contributed by atoms with Crippen molar-refractivity contribution in [2.75, 3.05) is 0 Å². The average Bonchev–Trinajstić information content (AvgIpc) is 2.62. The summed E-state index contributed by atoms with van der Waals surface area (Å²) in [6, 6.07) is 17.5. The summed E-state index contributed by atoms with van der Waals surface area (Å²) in [5.74, 6) is 2.55. The van der Waals surface area contributed by atoms with Crippen LogP contribution >= 0.6 is 0 Å². The van der Waals surface area contributed by atoms with Crippen molar-refractivity contribution in [2.24, 2.45) is 22.4 Å². The minimum Gasteiger partial charge on any atom is -0.370 e. The van der Waals surface area contributed by atoms with Crippen LogP contribution in [0.2, 0.25) is 0 Å². The van der Waals surface area contributed by atoms with Gasteiger partial charge in [0.15, 0.2) is 11.7 Å². The molecule has 0 radical (unpaired) electrons. The Labute approximate surface area is 144 Å². The zero-order valence-corrected chi connectivity index (χ0v) is 13.3. The Bertz CT molecular complexity index is 798. The van der Waals surface area contributed by atoms with Gasteiger partial charge in [-0.3, -0.25) is 4.79 Å². The van der Waals surface area contributed by atoms with E-state index >= 15 is 0 Å². The highest BCUT2D eigenvalue weighted by Crippen LogP contribution is 2.29. The molecule has 0 bridgehead atoms. The molecular formula is C18H18N4O3. The van der Waals surface area contributed by atoms with E-state index in [1.165, 1.54) is 0 Å². The molecule has 0 saturated carbocycles. The molecule has 2 aromatic rings. The van der Waals surface area contributed by atoms with E-state index in [-0.39, 0.29) is 17.4 Å². The van der Waals surface area contributed by atoms with Crippen LogP contribution in [0.3, 0.4) is 0 Å². The predicted octanol–water partition coefficient (Wildman–Crippen LogP) is 1.23. The van der Waals surface area contributed by atoms with Gasteiger partial charge in [0.05, 0.1) is 11.6 Å². The fraction of sp³-hybridized carbons (Fsp3) is 0.0556. The summed E-state index contributed by atoms with van der Waals surface area (Å²) < 4.78 is 0. The van der Waals surface area contributed by atoms with Crippen LogP contribution in [-0.2, 0) is 9.63 Å². The van der Waals surface area contributed by atoms with Crippen LogP contribution in [0, 0.1) is 0 Å². The molecule has 2 rings (SSSR count). The zero-order valence-electron chi connectivity index (χ0n) is 13.3. The fourth-order valence-corrected chi connectivity index (χ4v) is 2.36. The van der Waals surface area contributed by atoms with Crippen molar-refractivity contribution in [1.82, 2.24) is 0 Å². The van der Waals surface area contributed by atoms with Crippen molar-refractivity contribution in [3.63, 3.8) is 0 Å². The smallest absolute Gasteiger partial charge is 0.351 e. The SMILES string of the molecule is NOC(=O)C=C(N=C(N)N)C(C(=O)c1ccccc1)c1ccccc1. The second kappa shape index (κ2) is 8.42. The Morgan fingerprint density at radius 3 is 2.04 bits per heavy atom. The number of hydrogen-bond donors (Lipinski definition) is 3. The summed E-state index contributed by atoms with van der Waals surface area (Å²) in [5, 5.41) is 0. The van der Waals surface area contributed by atoms with Crippen LogP contribution < -0.4 is 17.4 Å². The molecule has 0 saturated heterocycles. The van der Waals surface area contributed by atoms with Gasteiger partial charge in [0.1, 0.15) is 0 Å². The minimum atomic E-state index is -0.898. The molecule has 25 heavy (non-hydrogen) atoms. The molecule has 0 amide bonds. The third kappa shape index (κ3) is 4.76. The molecule has 0 spiro atoms. The lowest BCUT2D eigenvalue weighted by Gasteiger charge is -2.17. The molecule has 0 aliphatic carbocycles. The number of benzene rings is 2. The summed E-state index contributed by atoms with van der Waals surface area (Å²) in [4.78, 5) is 32.8. The molecule has 0 aliphatic rings. The van der Waals surface area contributed by atoms with Crippen LogP contribution in [0.15, 0.2) is 77.4 Å². The maximum atomic E-state index is 13.1.